The molecule has 1 N–H and O–H groups in total. The summed E-state index contributed by atoms with van der Waals surface area (Å²) < 4.78 is 5.53. The molecular weight excluding hydrogens is 364 g/mol. The van der Waals surface area contributed by atoms with E-state index in [0.717, 1.165) is 32.4 Å². The van der Waals surface area contributed by atoms with Crippen molar-refractivity contribution in [3.8, 4) is 5.75 Å². The number of anilines is 1. The average molecular weight is 394 g/mol. The molecule has 0 radical (unpaired) electrons. The molecule has 2 aromatic rings. The van der Waals surface area contributed by atoms with Crippen LogP contribution in [0.5, 0.6) is 5.75 Å². The summed E-state index contributed by atoms with van der Waals surface area (Å²) in [6, 6.07) is 17.6. The van der Waals surface area contributed by atoms with Crippen LogP contribution in [0.4, 0.5) is 5.69 Å². The lowest BCUT2D eigenvalue weighted by Gasteiger charge is -2.32. The van der Waals surface area contributed by atoms with Gasteiger partial charge in [-0.3, -0.25) is 9.59 Å². The van der Waals surface area contributed by atoms with Gasteiger partial charge in [0.1, 0.15) is 5.75 Å². The Kier molecular flexibility index (Phi) is 5.95. The van der Waals surface area contributed by atoms with Gasteiger partial charge in [0.25, 0.3) is 5.91 Å². The first-order valence-corrected chi connectivity index (χ1v) is 10.6. The zero-order valence-electron chi connectivity index (χ0n) is 17.0. The summed E-state index contributed by atoms with van der Waals surface area (Å²) in [6.07, 6.45) is 3.60. The molecule has 0 bridgehead atoms. The maximum atomic E-state index is 13.1. The van der Waals surface area contributed by atoms with Crippen LogP contribution in [0.15, 0.2) is 54.6 Å². The molecule has 152 valence electrons. The Labute approximate surface area is 172 Å². The lowest BCUT2D eigenvalue weighted by molar-refractivity contribution is -0.920. The fourth-order valence-corrected chi connectivity index (χ4v) is 4.65. The number of hydrogen-bond donors (Lipinski definition) is 1. The highest BCUT2D eigenvalue weighted by molar-refractivity contribution is 6.21. The van der Waals surface area contributed by atoms with E-state index in [4.69, 9.17) is 4.74 Å². The number of nitrogens with one attached hydrogen (secondary N) is 1. The standard InChI is InChI=1S/C24H28N2O3/c1-2-29-21-10-6-9-20(16-21)26-23(27)17-22(24(26)28)25-13-11-19(12-14-25)15-18-7-4-3-5-8-18/h3-10,16,19,22H,2,11-15,17H2,1H3/p+1/t22-/m1/s1. The van der Waals surface area contributed by atoms with Crippen LogP contribution in [0.3, 0.4) is 0 Å². The van der Waals surface area contributed by atoms with Crippen molar-refractivity contribution in [1.82, 2.24) is 0 Å². The number of likely N-dealkylation sites (tertiary alicyclic amines) is 1. The van der Waals surface area contributed by atoms with Crippen molar-refractivity contribution >= 4 is 17.5 Å². The number of quaternary nitrogens is 1. The summed E-state index contributed by atoms with van der Waals surface area (Å²) in [5.41, 5.74) is 2.00. The van der Waals surface area contributed by atoms with E-state index in [1.807, 2.05) is 25.1 Å². The fraction of sp³-hybridized carbons (Fsp3) is 0.417. The lowest BCUT2D eigenvalue weighted by atomic mass is 9.89. The lowest BCUT2D eigenvalue weighted by Crippen LogP contribution is -3.17. The number of amides is 2. The molecule has 2 fully saturated rings. The van der Waals surface area contributed by atoms with E-state index in [9.17, 15) is 9.59 Å². The predicted octanol–water partition coefficient (Wildman–Crippen LogP) is 2.25. The van der Waals surface area contributed by atoms with Crippen LogP contribution < -0.4 is 14.5 Å². The van der Waals surface area contributed by atoms with E-state index in [1.165, 1.54) is 15.4 Å². The summed E-state index contributed by atoms with van der Waals surface area (Å²) in [4.78, 5) is 28.4. The summed E-state index contributed by atoms with van der Waals surface area (Å²) in [5.74, 6) is 1.17. The van der Waals surface area contributed by atoms with E-state index in [1.54, 1.807) is 6.07 Å². The zero-order valence-corrected chi connectivity index (χ0v) is 17.0. The molecule has 2 aromatic carbocycles. The number of carbonyl (C=O) groups excluding carboxylic acids is 2. The molecule has 4 rings (SSSR count). The Morgan fingerprint density at radius 2 is 1.79 bits per heavy atom. The van der Waals surface area contributed by atoms with Gasteiger partial charge in [0, 0.05) is 6.07 Å². The molecule has 1 atom stereocenters. The maximum absolute atomic E-state index is 13.1. The van der Waals surface area contributed by atoms with Gasteiger partial charge in [0.05, 0.1) is 31.8 Å². The first-order chi connectivity index (χ1) is 14.2. The average Bonchev–Trinajstić information content (AvgIpc) is 3.04. The Morgan fingerprint density at radius 1 is 1.03 bits per heavy atom. The second kappa shape index (κ2) is 8.78. The van der Waals surface area contributed by atoms with Crippen molar-refractivity contribution in [3.63, 3.8) is 0 Å². The Balaban J connectivity index is 1.39. The van der Waals surface area contributed by atoms with Crippen molar-refractivity contribution in [2.75, 3.05) is 24.6 Å². The number of carbonyl (C=O) groups is 2. The van der Waals surface area contributed by atoms with Gasteiger partial charge in [0.2, 0.25) is 5.91 Å². The minimum absolute atomic E-state index is 0.0693. The van der Waals surface area contributed by atoms with E-state index >= 15 is 0 Å². The molecule has 0 aromatic heterocycles. The summed E-state index contributed by atoms with van der Waals surface area (Å²) in [5, 5.41) is 0. The van der Waals surface area contributed by atoms with Gasteiger partial charge in [-0.05, 0) is 49.8 Å². The summed E-state index contributed by atoms with van der Waals surface area (Å²) in [6.45, 7) is 4.37. The van der Waals surface area contributed by atoms with Crippen molar-refractivity contribution in [1.29, 1.82) is 0 Å². The number of piperidine rings is 1. The Bertz CT molecular complexity index is 859. The highest BCUT2D eigenvalue weighted by Gasteiger charge is 2.46. The highest BCUT2D eigenvalue weighted by atomic mass is 16.5. The zero-order chi connectivity index (χ0) is 20.2. The highest BCUT2D eigenvalue weighted by Crippen LogP contribution is 2.26. The molecule has 2 aliphatic heterocycles. The number of imide groups is 1. The number of ether oxygens (including phenoxy) is 1. The van der Waals surface area contributed by atoms with E-state index in [0.29, 0.717) is 30.4 Å². The molecule has 2 aliphatic rings. The van der Waals surface area contributed by atoms with Crippen molar-refractivity contribution < 1.29 is 19.2 Å². The van der Waals surface area contributed by atoms with Gasteiger partial charge in [-0.2, -0.15) is 0 Å². The summed E-state index contributed by atoms with van der Waals surface area (Å²) >= 11 is 0. The van der Waals surface area contributed by atoms with Crippen LogP contribution in [0.1, 0.15) is 31.7 Å². The molecule has 29 heavy (non-hydrogen) atoms. The van der Waals surface area contributed by atoms with Crippen molar-refractivity contribution in [2.45, 2.75) is 38.6 Å². The van der Waals surface area contributed by atoms with Gasteiger partial charge < -0.3 is 9.64 Å². The molecule has 2 amide bonds. The van der Waals surface area contributed by atoms with Gasteiger partial charge in [-0.25, -0.2) is 4.90 Å². The Hall–Kier alpha value is -2.66. The SMILES string of the molecule is CCOc1cccc(N2C(=O)C[C@@H]([NH+]3CCC(Cc4ccccc4)CC3)C2=O)c1. The molecular formula is C24H29N2O3+. The van der Waals surface area contributed by atoms with E-state index in [2.05, 4.69) is 30.3 Å². The van der Waals surface area contributed by atoms with Crippen LogP contribution in [0.2, 0.25) is 0 Å². The van der Waals surface area contributed by atoms with Crippen LogP contribution in [0, 0.1) is 5.92 Å². The smallest absolute Gasteiger partial charge is 0.292 e. The monoisotopic (exact) mass is 393 g/mol. The summed E-state index contributed by atoms with van der Waals surface area (Å²) in [7, 11) is 0. The van der Waals surface area contributed by atoms with Crippen molar-refractivity contribution in [3.05, 3.63) is 60.2 Å². The first kappa shape index (κ1) is 19.6. The number of benzene rings is 2. The second-order valence-corrected chi connectivity index (χ2v) is 8.05. The number of hydrogen-bond acceptors (Lipinski definition) is 3. The van der Waals surface area contributed by atoms with Crippen LogP contribution in [0.25, 0.3) is 0 Å². The molecule has 5 nitrogen and oxygen atoms in total. The minimum Gasteiger partial charge on any atom is -0.494 e. The third kappa shape index (κ3) is 4.35. The Morgan fingerprint density at radius 3 is 2.52 bits per heavy atom. The number of rotatable bonds is 6. The molecule has 5 heteroatoms. The topological polar surface area (TPSA) is 51.0 Å². The first-order valence-electron chi connectivity index (χ1n) is 10.6. The van der Waals surface area contributed by atoms with Gasteiger partial charge in [-0.1, -0.05) is 36.4 Å². The van der Waals surface area contributed by atoms with Gasteiger partial charge in [0.15, 0.2) is 6.04 Å². The fourth-order valence-electron chi connectivity index (χ4n) is 4.65. The minimum atomic E-state index is -0.254. The van der Waals surface area contributed by atoms with Gasteiger partial charge >= 0.3 is 0 Å². The van der Waals surface area contributed by atoms with Gasteiger partial charge in [-0.15, -0.1) is 0 Å². The maximum Gasteiger partial charge on any atom is 0.292 e. The van der Waals surface area contributed by atoms with E-state index < -0.39 is 0 Å². The van der Waals surface area contributed by atoms with Crippen LogP contribution in [-0.4, -0.2) is 37.6 Å². The van der Waals surface area contributed by atoms with Crippen LogP contribution in [-0.2, 0) is 16.0 Å². The molecule has 2 heterocycles. The van der Waals surface area contributed by atoms with Crippen LogP contribution >= 0.6 is 0 Å². The molecule has 2 saturated heterocycles. The predicted molar refractivity (Wildman–Crippen MR) is 112 cm³/mol. The molecule has 0 unspecified atom stereocenters. The molecule has 0 aliphatic carbocycles. The quantitative estimate of drug-likeness (QED) is 0.766. The largest absolute Gasteiger partial charge is 0.494 e. The normalized spacial score (nSPS) is 24.7. The third-order valence-corrected chi connectivity index (χ3v) is 6.14. The van der Waals surface area contributed by atoms with Crippen molar-refractivity contribution in [2.24, 2.45) is 5.92 Å². The number of nitrogens with zero attached hydrogens (tertiary/aromatic N) is 1. The molecule has 0 saturated carbocycles. The second-order valence-electron chi connectivity index (χ2n) is 8.05. The molecule has 0 spiro atoms. The van der Waals surface area contributed by atoms with E-state index in [-0.39, 0.29) is 17.9 Å². The third-order valence-electron chi connectivity index (χ3n) is 6.14.